The molecule has 0 heterocycles. The van der Waals surface area contributed by atoms with E-state index in [1.165, 1.54) is 244 Å². The highest BCUT2D eigenvalue weighted by atomic mass is 31.2. The lowest BCUT2D eigenvalue weighted by atomic mass is 10.0. The van der Waals surface area contributed by atoms with Gasteiger partial charge in [0.2, 0.25) is 0 Å². The van der Waals surface area contributed by atoms with Crippen LogP contribution in [0.25, 0.3) is 0 Å². The lowest BCUT2D eigenvalue weighted by Crippen LogP contribution is -2.30. The average molecular weight is 1470 g/mol. The molecule has 0 aromatic heterocycles. The van der Waals surface area contributed by atoms with Gasteiger partial charge in [0.25, 0.3) is 0 Å². The summed E-state index contributed by atoms with van der Waals surface area (Å²) in [6.45, 7) is 9.65. The molecule has 0 saturated heterocycles. The van der Waals surface area contributed by atoms with Crippen molar-refractivity contribution in [2.75, 3.05) is 39.6 Å². The number of hydrogen-bond acceptors (Lipinski definition) is 15. The molecule has 0 spiro atoms. The molecule has 594 valence electrons. The Morgan fingerprint density at radius 2 is 0.460 bits per heavy atom. The molecule has 0 aliphatic rings. The van der Waals surface area contributed by atoms with Gasteiger partial charge >= 0.3 is 39.5 Å². The van der Waals surface area contributed by atoms with Crippen LogP contribution in [0.2, 0.25) is 0 Å². The minimum atomic E-state index is -4.96. The quantitative estimate of drug-likeness (QED) is 0.0222. The number of aliphatic hydroxyl groups excluding tert-OH is 1. The van der Waals surface area contributed by atoms with Crippen molar-refractivity contribution >= 4 is 39.5 Å². The van der Waals surface area contributed by atoms with Gasteiger partial charge in [0.1, 0.15) is 19.3 Å². The Morgan fingerprint density at radius 3 is 0.680 bits per heavy atom. The van der Waals surface area contributed by atoms with Crippen LogP contribution < -0.4 is 0 Å². The average Bonchev–Trinajstić information content (AvgIpc) is 0.944. The van der Waals surface area contributed by atoms with Crippen LogP contribution in [0.1, 0.15) is 427 Å². The van der Waals surface area contributed by atoms with Crippen molar-refractivity contribution in [1.82, 2.24) is 0 Å². The number of aliphatic hydroxyl groups is 1. The number of unbranched alkanes of at least 4 members (excludes halogenated alkanes) is 50. The standard InChI is InChI=1S/C81H158O17P2/c1-7-9-11-13-15-17-19-21-26-30-34-40-46-52-58-64-79(84)92-69-76(97-80(85)65-59-53-47-41-35-31-28-25-23-22-24-27-29-32-37-43-49-55-61-73(3)4)71-95-99(87,88)93-67-75(82)68-94-100(89,90)96-72-77(98-81(86)66-60-54-48-42-36-38-44-50-56-62-74(5)6)70-91-78(83)63-57-51-45-39-33-20-18-16-14-12-10-8-2/h73-77,82H,7-72H2,1-6H3,(H,87,88)(H,89,90)/t75-,76-,77-/m1/s1. The summed E-state index contributed by atoms with van der Waals surface area (Å²) in [6.07, 6.45) is 62.4. The van der Waals surface area contributed by atoms with Gasteiger partial charge in [0.15, 0.2) is 12.2 Å². The Bertz CT molecular complexity index is 1920. The van der Waals surface area contributed by atoms with Gasteiger partial charge in [-0.2, -0.15) is 0 Å². The summed E-state index contributed by atoms with van der Waals surface area (Å²) in [7, 11) is -9.92. The molecule has 0 saturated carbocycles. The number of carbonyl (C=O) groups is 4. The first-order valence-electron chi connectivity index (χ1n) is 42.0. The molecule has 17 nitrogen and oxygen atoms in total. The van der Waals surface area contributed by atoms with E-state index in [2.05, 4.69) is 41.5 Å². The maximum Gasteiger partial charge on any atom is 0.472 e. The second-order valence-corrected chi connectivity index (χ2v) is 33.0. The lowest BCUT2D eigenvalue weighted by Gasteiger charge is -2.21. The maximum atomic E-state index is 13.1. The molecule has 0 radical (unpaired) electrons. The summed E-state index contributed by atoms with van der Waals surface area (Å²) in [6, 6.07) is 0. The monoisotopic (exact) mass is 1470 g/mol. The van der Waals surface area contributed by atoms with Crippen molar-refractivity contribution < 1.29 is 80.2 Å². The zero-order valence-electron chi connectivity index (χ0n) is 65.5. The molecular weight excluding hydrogens is 1310 g/mol. The number of phosphoric acid groups is 2. The fourth-order valence-corrected chi connectivity index (χ4v) is 14.1. The van der Waals surface area contributed by atoms with Gasteiger partial charge in [-0.3, -0.25) is 37.3 Å². The Kier molecular flexibility index (Phi) is 71.2. The van der Waals surface area contributed by atoms with Gasteiger partial charge in [0.05, 0.1) is 26.4 Å². The molecular formula is C81H158O17P2. The molecule has 0 amide bonds. The smallest absolute Gasteiger partial charge is 0.462 e. The molecule has 0 bridgehead atoms. The Labute approximate surface area is 613 Å². The minimum absolute atomic E-state index is 0.106. The summed E-state index contributed by atoms with van der Waals surface area (Å²) < 4.78 is 68.7. The third-order valence-electron chi connectivity index (χ3n) is 19.0. The number of phosphoric ester groups is 2. The Morgan fingerprint density at radius 1 is 0.270 bits per heavy atom. The van der Waals surface area contributed by atoms with E-state index < -0.39 is 97.5 Å². The van der Waals surface area contributed by atoms with Gasteiger partial charge in [-0.25, -0.2) is 9.13 Å². The zero-order valence-corrected chi connectivity index (χ0v) is 67.3. The first kappa shape index (κ1) is 98.1. The first-order valence-corrected chi connectivity index (χ1v) is 45.0. The van der Waals surface area contributed by atoms with Gasteiger partial charge in [-0.05, 0) is 37.5 Å². The molecule has 3 N–H and O–H groups in total. The summed E-state index contributed by atoms with van der Waals surface area (Å²) in [5, 5.41) is 10.6. The minimum Gasteiger partial charge on any atom is -0.462 e. The molecule has 0 aliphatic carbocycles. The molecule has 19 heteroatoms. The van der Waals surface area contributed by atoms with Crippen LogP contribution >= 0.6 is 15.6 Å². The largest absolute Gasteiger partial charge is 0.472 e. The topological polar surface area (TPSA) is 237 Å². The van der Waals surface area contributed by atoms with Gasteiger partial charge < -0.3 is 33.8 Å². The van der Waals surface area contributed by atoms with Crippen molar-refractivity contribution in [2.24, 2.45) is 11.8 Å². The van der Waals surface area contributed by atoms with Gasteiger partial charge in [0, 0.05) is 25.7 Å². The van der Waals surface area contributed by atoms with E-state index in [1.54, 1.807) is 0 Å². The highest BCUT2D eigenvalue weighted by Crippen LogP contribution is 2.45. The Balaban J connectivity index is 5.23. The number of hydrogen-bond donors (Lipinski definition) is 3. The molecule has 0 aliphatic heterocycles. The van der Waals surface area contributed by atoms with Crippen LogP contribution in [-0.2, 0) is 65.4 Å². The van der Waals surface area contributed by atoms with E-state index >= 15 is 0 Å². The first-order chi connectivity index (χ1) is 48.4. The third-order valence-corrected chi connectivity index (χ3v) is 20.9. The fraction of sp³-hybridized carbons (Fsp3) is 0.951. The maximum absolute atomic E-state index is 13.1. The van der Waals surface area contributed by atoms with Crippen LogP contribution in [0.4, 0.5) is 0 Å². The van der Waals surface area contributed by atoms with E-state index in [0.717, 1.165) is 102 Å². The van der Waals surface area contributed by atoms with Crippen molar-refractivity contribution in [3.63, 3.8) is 0 Å². The van der Waals surface area contributed by atoms with E-state index in [-0.39, 0.29) is 25.7 Å². The number of esters is 4. The van der Waals surface area contributed by atoms with Crippen LogP contribution in [-0.4, -0.2) is 96.7 Å². The summed E-state index contributed by atoms with van der Waals surface area (Å²) >= 11 is 0. The van der Waals surface area contributed by atoms with E-state index in [4.69, 9.17) is 37.0 Å². The predicted octanol–water partition coefficient (Wildman–Crippen LogP) is 24.3. The lowest BCUT2D eigenvalue weighted by molar-refractivity contribution is -0.161. The highest BCUT2D eigenvalue weighted by molar-refractivity contribution is 7.47. The molecule has 5 atom stereocenters. The number of carbonyl (C=O) groups excluding carboxylic acids is 4. The van der Waals surface area contributed by atoms with Crippen LogP contribution in [0.5, 0.6) is 0 Å². The van der Waals surface area contributed by atoms with E-state index in [1.807, 2.05) is 0 Å². The number of rotatable bonds is 80. The molecule has 0 fully saturated rings. The van der Waals surface area contributed by atoms with Crippen LogP contribution in [0, 0.1) is 11.8 Å². The zero-order chi connectivity index (χ0) is 73.5. The second-order valence-electron chi connectivity index (χ2n) is 30.1. The molecule has 0 aromatic carbocycles. The van der Waals surface area contributed by atoms with E-state index in [0.29, 0.717) is 25.7 Å². The van der Waals surface area contributed by atoms with Crippen molar-refractivity contribution in [2.45, 2.75) is 445 Å². The van der Waals surface area contributed by atoms with Crippen molar-refractivity contribution in [1.29, 1.82) is 0 Å². The van der Waals surface area contributed by atoms with E-state index in [9.17, 15) is 43.2 Å². The molecule has 100 heavy (non-hydrogen) atoms. The summed E-state index contributed by atoms with van der Waals surface area (Å²) in [5.74, 6) is -0.551. The van der Waals surface area contributed by atoms with Crippen molar-refractivity contribution in [3.05, 3.63) is 0 Å². The SMILES string of the molecule is CCCCCCCCCCCCCCCCCC(=O)OC[C@H](COP(=O)(O)OC[C@@H](O)COP(=O)(O)OC[C@@H](COC(=O)CCCCCCCCCCCCCC)OC(=O)CCCCCCCCCCCC(C)C)OC(=O)CCCCCCCCCCCCCCCCCCCCC(C)C. The second kappa shape index (κ2) is 72.6. The van der Waals surface area contributed by atoms with Crippen LogP contribution in [0.3, 0.4) is 0 Å². The molecule has 2 unspecified atom stereocenters. The van der Waals surface area contributed by atoms with Gasteiger partial charge in [-0.15, -0.1) is 0 Å². The van der Waals surface area contributed by atoms with Gasteiger partial charge in [-0.1, -0.05) is 375 Å². The Hall–Kier alpha value is -1.94. The third kappa shape index (κ3) is 74.3. The van der Waals surface area contributed by atoms with Crippen molar-refractivity contribution in [3.8, 4) is 0 Å². The number of ether oxygens (including phenoxy) is 4. The molecule has 0 rings (SSSR count). The highest BCUT2D eigenvalue weighted by Gasteiger charge is 2.30. The predicted molar refractivity (Wildman–Crippen MR) is 409 cm³/mol. The fourth-order valence-electron chi connectivity index (χ4n) is 12.5. The van der Waals surface area contributed by atoms with Crippen LogP contribution in [0.15, 0.2) is 0 Å². The summed E-state index contributed by atoms with van der Waals surface area (Å²) in [5.41, 5.74) is 0. The normalized spacial score (nSPS) is 13.9. The summed E-state index contributed by atoms with van der Waals surface area (Å²) in [4.78, 5) is 73.0. The molecule has 0 aromatic rings.